The Morgan fingerprint density at radius 3 is 2.26 bits per heavy atom. The predicted octanol–water partition coefficient (Wildman–Crippen LogP) is 6.57. The van der Waals surface area contributed by atoms with Crippen LogP contribution >= 0.6 is 34.8 Å². The van der Waals surface area contributed by atoms with Gasteiger partial charge in [0.05, 0.1) is 22.7 Å². The molecule has 0 aliphatic carbocycles. The van der Waals surface area contributed by atoms with Crippen molar-refractivity contribution in [3.8, 4) is 5.75 Å². The number of hydrogen-bond donors (Lipinski definition) is 1. The zero-order valence-electron chi connectivity index (χ0n) is 23.6. The van der Waals surface area contributed by atoms with Crippen LogP contribution in [0.1, 0.15) is 38.7 Å². The molecule has 0 fully saturated rings. The molecule has 0 spiro atoms. The molecule has 0 heterocycles. The molecular weight excluding hydrogens is 621 g/mol. The monoisotopic (exact) mass is 653 g/mol. The van der Waals surface area contributed by atoms with Crippen molar-refractivity contribution in [2.24, 2.45) is 0 Å². The highest BCUT2D eigenvalue weighted by Crippen LogP contribution is 2.32. The van der Waals surface area contributed by atoms with Gasteiger partial charge in [-0.15, -0.1) is 0 Å². The van der Waals surface area contributed by atoms with Gasteiger partial charge in [-0.1, -0.05) is 79.3 Å². The Morgan fingerprint density at radius 1 is 0.952 bits per heavy atom. The number of anilines is 1. The van der Waals surface area contributed by atoms with Crippen LogP contribution in [-0.2, 0) is 26.2 Å². The molecule has 0 aromatic heterocycles. The lowest BCUT2D eigenvalue weighted by atomic mass is 10.1. The number of rotatable bonds is 14. The molecule has 2 amide bonds. The molecule has 3 aromatic rings. The van der Waals surface area contributed by atoms with E-state index in [-0.39, 0.29) is 34.5 Å². The summed E-state index contributed by atoms with van der Waals surface area (Å²) in [5.41, 5.74) is 0.710. The summed E-state index contributed by atoms with van der Waals surface area (Å²) in [7, 11) is -2.79. The number of carbonyl (C=O) groups is 2. The largest absolute Gasteiger partial charge is 0.495 e. The molecule has 1 atom stereocenters. The number of nitrogens with one attached hydrogen (secondary N) is 1. The van der Waals surface area contributed by atoms with Gasteiger partial charge in [0.25, 0.3) is 10.0 Å². The smallest absolute Gasteiger partial charge is 0.264 e. The van der Waals surface area contributed by atoms with Crippen LogP contribution in [0.5, 0.6) is 5.75 Å². The van der Waals surface area contributed by atoms with Crippen LogP contribution in [0, 0.1) is 0 Å². The number of halogens is 3. The fraction of sp³-hybridized carbons (Fsp3) is 0.333. The number of methoxy groups -OCH3 is 1. The third-order valence-electron chi connectivity index (χ3n) is 6.60. The van der Waals surface area contributed by atoms with Crippen molar-refractivity contribution >= 4 is 62.3 Å². The number of amides is 2. The van der Waals surface area contributed by atoms with Crippen molar-refractivity contribution in [1.29, 1.82) is 0 Å². The number of hydrogen-bond acceptors (Lipinski definition) is 5. The van der Waals surface area contributed by atoms with Gasteiger partial charge in [-0.05, 0) is 60.9 Å². The number of benzene rings is 3. The predicted molar refractivity (Wildman–Crippen MR) is 168 cm³/mol. The Balaban J connectivity index is 2.08. The van der Waals surface area contributed by atoms with E-state index >= 15 is 0 Å². The molecule has 42 heavy (non-hydrogen) atoms. The minimum absolute atomic E-state index is 0.0126. The highest BCUT2D eigenvalue weighted by atomic mass is 35.5. The summed E-state index contributed by atoms with van der Waals surface area (Å²) in [6.45, 7) is 3.60. The molecule has 0 aliphatic heterocycles. The van der Waals surface area contributed by atoms with Crippen molar-refractivity contribution in [3.05, 3.63) is 87.4 Å². The summed E-state index contributed by atoms with van der Waals surface area (Å²) in [6, 6.07) is 16.2. The van der Waals surface area contributed by atoms with Gasteiger partial charge in [0.2, 0.25) is 11.8 Å². The number of carbonyl (C=O) groups excluding carboxylic acids is 2. The average molecular weight is 655 g/mol. The third kappa shape index (κ3) is 8.31. The van der Waals surface area contributed by atoms with Gasteiger partial charge in [0.1, 0.15) is 18.3 Å². The van der Waals surface area contributed by atoms with E-state index in [4.69, 9.17) is 39.5 Å². The highest BCUT2D eigenvalue weighted by Gasteiger charge is 2.34. The summed E-state index contributed by atoms with van der Waals surface area (Å²) in [5.74, 6) is -0.600. The molecule has 226 valence electrons. The Kier molecular flexibility index (Phi) is 12.4. The average Bonchev–Trinajstić information content (AvgIpc) is 2.97. The summed E-state index contributed by atoms with van der Waals surface area (Å²) in [4.78, 5) is 28.8. The van der Waals surface area contributed by atoms with Gasteiger partial charge >= 0.3 is 0 Å². The van der Waals surface area contributed by atoms with Crippen LogP contribution in [0.2, 0.25) is 15.1 Å². The second-order valence-electron chi connectivity index (χ2n) is 9.47. The maximum atomic E-state index is 14.1. The SMILES string of the molecule is CCCCNC(=O)[C@@H](CC)N(Cc1ccc(Cl)cc1Cl)C(=O)CN(c1ccc(OC)c(Cl)c1)S(=O)(=O)c1ccccc1. The second kappa shape index (κ2) is 15.5. The summed E-state index contributed by atoms with van der Waals surface area (Å²) in [6.07, 6.45) is 1.95. The molecular formula is C30H34Cl3N3O5S. The molecule has 0 aliphatic rings. The van der Waals surface area contributed by atoms with E-state index in [0.717, 1.165) is 17.1 Å². The Bertz CT molecular complexity index is 1490. The van der Waals surface area contributed by atoms with E-state index in [1.807, 2.05) is 6.92 Å². The topological polar surface area (TPSA) is 96.0 Å². The van der Waals surface area contributed by atoms with E-state index in [0.29, 0.717) is 27.9 Å². The van der Waals surface area contributed by atoms with Crippen LogP contribution in [0.4, 0.5) is 5.69 Å². The Labute approximate surface area is 262 Å². The van der Waals surface area contributed by atoms with E-state index in [9.17, 15) is 18.0 Å². The first kappa shape index (κ1) is 33.5. The van der Waals surface area contributed by atoms with E-state index in [1.165, 1.54) is 42.3 Å². The minimum Gasteiger partial charge on any atom is -0.495 e. The lowest BCUT2D eigenvalue weighted by molar-refractivity contribution is -0.140. The maximum Gasteiger partial charge on any atom is 0.264 e. The molecule has 0 radical (unpaired) electrons. The highest BCUT2D eigenvalue weighted by molar-refractivity contribution is 7.92. The van der Waals surface area contributed by atoms with Gasteiger partial charge < -0.3 is 15.0 Å². The van der Waals surface area contributed by atoms with Crippen molar-refractivity contribution in [2.75, 3.05) is 24.5 Å². The lowest BCUT2D eigenvalue weighted by Gasteiger charge is -2.33. The van der Waals surface area contributed by atoms with E-state index in [1.54, 1.807) is 43.3 Å². The lowest BCUT2D eigenvalue weighted by Crippen LogP contribution is -2.52. The molecule has 0 bridgehead atoms. The van der Waals surface area contributed by atoms with Crippen LogP contribution in [0.3, 0.4) is 0 Å². The summed E-state index contributed by atoms with van der Waals surface area (Å²) >= 11 is 18.9. The standard InChI is InChI=1S/C30H34Cl3N3O5S/c1-4-6-16-34-30(38)27(5-2)35(19-21-12-13-22(31)17-25(21)32)29(37)20-36(23-14-15-28(41-3)26(33)18-23)42(39,40)24-10-8-7-9-11-24/h7-15,17-18,27H,4-6,16,19-20H2,1-3H3,(H,34,38)/t27-/m1/s1. The Hall–Kier alpha value is -2.98. The fourth-order valence-electron chi connectivity index (χ4n) is 4.32. The number of sulfonamides is 1. The van der Waals surface area contributed by atoms with Gasteiger partial charge in [0.15, 0.2) is 0 Å². The first-order chi connectivity index (χ1) is 20.0. The maximum absolute atomic E-state index is 14.1. The quantitative estimate of drug-likeness (QED) is 0.198. The van der Waals surface area contributed by atoms with Crippen LogP contribution in [0.25, 0.3) is 0 Å². The van der Waals surface area contributed by atoms with E-state index < -0.39 is 28.5 Å². The zero-order chi connectivity index (χ0) is 30.9. The number of nitrogens with zero attached hydrogens (tertiary/aromatic N) is 2. The van der Waals surface area contributed by atoms with Crippen molar-refractivity contribution in [3.63, 3.8) is 0 Å². The number of unbranched alkanes of at least 4 members (excludes halogenated alkanes) is 1. The van der Waals surface area contributed by atoms with Gasteiger partial charge in [0, 0.05) is 23.1 Å². The molecule has 8 nitrogen and oxygen atoms in total. The zero-order valence-corrected chi connectivity index (χ0v) is 26.7. The molecule has 12 heteroatoms. The second-order valence-corrected chi connectivity index (χ2v) is 12.6. The van der Waals surface area contributed by atoms with Crippen molar-refractivity contribution in [2.45, 2.75) is 50.6 Å². The van der Waals surface area contributed by atoms with Gasteiger partial charge in [-0.2, -0.15) is 0 Å². The number of ether oxygens (including phenoxy) is 1. The van der Waals surface area contributed by atoms with Crippen LogP contribution < -0.4 is 14.4 Å². The third-order valence-corrected chi connectivity index (χ3v) is 9.28. The molecule has 0 saturated heterocycles. The molecule has 3 rings (SSSR count). The normalized spacial score (nSPS) is 12.0. The van der Waals surface area contributed by atoms with Crippen LogP contribution in [-0.4, -0.2) is 51.4 Å². The van der Waals surface area contributed by atoms with E-state index in [2.05, 4.69) is 5.32 Å². The molecule has 3 aromatic carbocycles. The Morgan fingerprint density at radius 2 is 1.67 bits per heavy atom. The first-order valence-corrected chi connectivity index (χ1v) is 16.0. The van der Waals surface area contributed by atoms with Crippen molar-refractivity contribution in [1.82, 2.24) is 10.2 Å². The molecule has 1 N–H and O–H groups in total. The molecule has 0 saturated carbocycles. The molecule has 0 unspecified atom stereocenters. The van der Waals surface area contributed by atoms with Gasteiger partial charge in [-0.3, -0.25) is 13.9 Å². The van der Waals surface area contributed by atoms with Crippen molar-refractivity contribution < 1.29 is 22.7 Å². The first-order valence-electron chi connectivity index (χ1n) is 13.5. The summed E-state index contributed by atoms with van der Waals surface area (Å²) in [5, 5.41) is 3.80. The summed E-state index contributed by atoms with van der Waals surface area (Å²) < 4.78 is 34.0. The fourth-order valence-corrected chi connectivity index (χ4v) is 6.47. The van der Waals surface area contributed by atoms with Gasteiger partial charge in [-0.25, -0.2) is 8.42 Å². The van der Waals surface area contributed by atoms with Crippen LogP contribution in [0.15, 0.2) is 71.6 Å². The minimum atomic E-state index is -4.23.